The highest BCUT2D eigenvalue weighted by Gasteiger charge is 2.18. The molecule has 3 N–H and O–H groups in total. The van der Waals surface area contributed by atoms with E-state index in [0.717, 1.165) is 0 Å². The Hall–Kier alpha value is -2.76. The molecule has 122 valence electrons. The molecular weight excluding hydrogens is 298 g/mol. The van der Waals surface area contributed by atoms with Gasteiger partial charge in [0.1, 0.15) is 11.4 Å². The molecule has 0 aromatic heterocycles. The molecule has 6 nitrogen and oxygen atoms in total. The molecular formula is C17H19NO5. The maximum Gasteiger partial charge on any atom is 0.344 e. The topological polar surface area (TPSA) is 98.8 Å². The molecule has 0 unspecified atom stereocenters. The number of fused-ring (bicyclic) bond motifs is 1. The number of anilines is 1. The number of esters is 1. The quantitative estimate of drug-likeness (QED) is 0.664. The number of carbonyl (C=O) groups excluding carboxylic acids is 1. The first-order valence-electron chi connectivity index (χ1n) is 7.07. The second kappa shape index (κ2) is 6.16. The van der Waals surface area contributed by atoms with E-state index in [1.807, 2.05) is 0 Å². The molecule has 2 aromatic carbocycles. The summed E-state index contributed by atoms with van der Waals surface area (Å²) in [6, 6.07) is 8.01. The highest BCUT2D eigenvalue weighted by molar-refractivity contribution is 6.02. The van der Waals surface area contributed by atoms with Crippen molar-refractivity contribution in [3.05, 3.63) is 35.9 Å². The minimum Gasteiger partial charge on any atom is -0.481 e. The zero-order valence-electron chi connectivity index (χ0n) is 13.3. The third-order valence-corrected chi connectivity index (χ3v) is 3.00. The van der Waals surface area contributed by atoms with Crippen molar-refractivity contribution < 1.29 is 24.2 Å². The summed E-state index contributed by atoms with van der Waals surface area (Å²) in [5.41, 5.74) is 5.75. The van der Waals surface area contributed by atoms with Crippen LogP contribution in [0, 0.1) is 0 Å². The molecule has 2 aromatic rings. The largest absolute Gasteiger partial charge is 0.481 e. The van der Waals surface area contributed by atoms with Crippen LogP contribution in [0.4, 0.5) is 5.69 Å². The highest BCUT2D eigenvalue weighted by Crippen LogP contribution is 2.31. The molecule has 2 rings (SSSR count). The van der Waals surface area contributed by atoms with Crippen LogP contribution in [0.15, 0.2) is 30.3 Å². The summed E-state index contributed by atoms with van der Waals surface area (Å²) in [5, 5.41) is 10.4. The van der Waals surface area contributed by atoms with Crippen LogP contribution in [-0.2, 0) is 9.53 Å². The van der Waals surface area contributed by atoms with Crippen LogP contribution in [-0.4, -0.2) is 29.3 Å². The van der Waals surface area contributed by atoms with E-state index in [2.05, 4.69) is 0 Å². The molecule has 0 heterocycles. The lowest BCUT2D eigenvalue weighted by Gasteiger charge is -2.19. The van der Waals surface area contributed by atoms with Crippen LogP contribution in [0.5, 0.6) is 5.75 Å². The van der Waals surface area contributed by atoms with Crippen molar-refractivity contribution >= 4 is 28.4 Å². The smallest absolute Gasteiger partial charge is 0.344 e. The van der Waals surface area contributed by atoms with Crippen molar-refractivity contribution in [3.8, 4) is 5.75 Å². The fraction of sp³-hybridized carbons (Fsp3) is 0.294. The molecule has 0 atom stereocenters. The predicted octanol–water partition coefficient (Wildman–Crippen LogP) is 2.84. The zero-order valence-corrected chi connectivity index (χ0v) is 13.3. The lowest BCUT2D eigenvalue weighted by Crippen LogP contribution is -2.27. The molecule has 0 bridgehead atoms. The van der Waals surface area contributed by atoms with Gasteiger partial charge in [0.15, 0.2) is 6.61 Å². The summed E-state index contributed by atoms with van der Waals surface area (Å²) in [6.45, 7) is 4.95. The number of aromatic carboxylic acids is 1. The van der Waals surface area contributed by atoms with Gasteiger partial charge < -0.3 is 20.3 Å². The Morgan fingerprint density at radius 3 is 2.48 bits per heavy atom. The normalized spacial score (nSPS) is 11.3. The van der Waals surface area contributed by atoms with Gasteiger partial charge in [-0.05, 0) is 39.0 Å². The number of nitrogens with two attached hydrogens (primary N) is 1. The van der Waals surface area contributed by atoms with Gasteiger partial charge in [0, 0.05) is 16.5 Å². The molecule has 0 saturated carbocycles. The number of nitrogen functional groups attached to an aromatic ring is 1. The van der Waals surface area contributed by atoms with Gasteiger partial charge in [-0.1, -0.05) is 12.1 Å². The first-order valence-corrected chi connectivity index (χ1v) is 7.07. The summed E-state index contributed by atoms with van der Waals surface area (Å²) in [5.74, 6) is -1.36. The third-order valence-electron chi connectivity index (χ3n) is 3.00. The van der Waals surface area contributed by atoms with E-state index >= 15 is 0 Å². The van der Waals surface area contributed by atoms with Crippen molar-refractivity contribution in [3.63, 3.8) is 0 Å². The van der Waals surface area contributed by atoms with Crippen LogP contribution >= 0.6 is 0 Å². The fourth-order valence-corrected chi connectivity index (χ4v) is 2.13. The summed E-state index contributed by atoms with van der Waals surface area (Å²) >= 11 is 0. The first kappa shape index (κ1) is 16.6. The molecule has 23 heavy (non-hydrogen) atoms. The summed E-state index contributed by atoms with van der Waals surface area (Å²) in [7, 11) is 0. The van der Waals surface area contributed by atoms with Gasteiger partial charge in [-0.3, -0.25) is 0 Å². The number of ether oxygens (including phenoxy) is 2. The van der Waals surface area contributed by atoms with Gasteiger partial charge in [-0.25, -0.2) is 9.59 Å². The van der Waals surface area contributed by atoms with Crippen molar-refractivity contribution in [2.45, 2.75) is 26.4 Å². The third kappa shape index (κ3) is 4.12. The van der Waals surface area contributed by atoms with Gasteiger partial charge in [0.2, 0.25) is 0 Å². The standard InChI is InChI=1S/C17H19NO5/c1-17(2,3)23-15(19)9-22-14-8-10(16(20)21)7-12-11(14)5-4-6-13(12)18/h4-8H,9,18H2,1-3H3,(H,20,21). The summed E-state index contributed by atoms with van der Waals surface area (Å²) in [6.07, 6.45) is 0. The number of carbonyl (C=O) groups is 2. The van der Waals surface area contributed by atoms with Gasteiger partial charge in [0.05, 0.1) is 5.56 Å². The van der Waals surface area contributed by atoms with E-state index in [0.29, 0.717) is 16.5 Å². The Morgan fingerprint density at radius 1 is 1.17 bits per heavy atom. The second-order valence-corrected chi connectivity index (χ2v) is 6.10. The average Bonchev–Trinajstić information content (AvgIpc) is 2.43. The number of hydrogen-bond acceptors (Lipinski definition) is 5. The SMILES string of the molecule is CC(C)(C)OC(=O)COc1cc(C(=O)O)cc2c(N)cccc12. The zero-order chi connectivity index (χ0) is 17.2. The minimum atomic E-state index is -1.10. The molecule has 0 radical (unpaired) electrons. The number of hydrogen-bond donors (Lipinski definition) is 2. The number of benzene rings is 2. The number of carboxylic acid groups (broad SMARTS) is 1. The molecule has 0 fully saturated rings. The fourth-order valence-electron chi connectivity index (χ4n) is 2.13. The maximum absolute atomic E-state index is 11.8. The van der Waals surface area contributed by atoms with Crippen LogP contribution in [0.25, 0.3) is 10.8 Å². The van der Waals surface area contributed by atoms with E-state index in [1.54, 1.807) is 39.0 Å². The average molecular weight is 317 g/mol. The van der Waals surface area contributed by atoms with Crippen molar-refractivity contribution in [2.75, 3.05) is 12.3 Å². The molecule has 6 heteroatoms. The van der Waals surface area contributed by atoms with Crippen molar-refractivity contribution in [1.82, 2.24) is 0 Å². The van der Waals surface area contributed by atoms with E-state index < -0.39 is 17.5 Å². The number of rotatable bonds is 4. The van der Waals surface area contributed by atoms with Gasteiger partial charge in [0.25, 0.3) is 0 Å². The molecule has 0 saturated heterocycles. The van der Waals surface area contributed by atoms with E-state index in [4.69, 9.17) is 15.2 Å². The van der Waals surface area contributed by atoms with Crippen molar-refractivity contribution in [2.24, 2.45) is 0 Å². The van der Waals surface area contributed by atoms with Crippen LogP contribution in [0.2, 0.25) is 0 Å². The molecule has 0 spiro atoms. The molecule has 0 amide bonds. The summed E-state index contributed by atoms with van der Waals surface area (Å²) in [4.78, 5) is 23.0. The van der Waals surface area contributed by atoms with Crippen LogP contribution in [0.1, 0.15) is 31.1 Å². The van der Waals surface area contributed by atoms with Gasteiger partial charge in [-0.2, -0.15) is 0 Å². The van der Waals surface area contributed by atoms with E-state index in [9.17, 15) is 14.7 Å². The summed E-state index contributed by atoms with van der Waals surface area (Å²) < 4.78 is 10.6. The minimum absolute atomic E-state index is 0.0367. The monoisotopic (exact) mass is 317 g/mol. The van der Waals surface area contributed by atoms with Crippen molar-refractivity contribution in [1.29, 1.82) is 0 Å². The first-order chi connectivity index (χ1) is 10.7. The highest BCUT2D eigenvalue weighted by atomic mass is 16.6. The van der Waals surface area contributed by atoms with E-state index in [1.165, 1.54) is 12.1 Å². The van der Waals surface area contributed by atoms with Crippen LogP contribution in [0.3, 0.4) is 0 Å². The molecule has 0 aliphatic carbocycles. The van der Waals surface area contributed by atoms with Gasteiger partial charge in [-0.15, -0.1) is 0 Å². The Labute approximate surface area is 133 Å². The predicted molar refractivity (Wildman–Crippen MR) is 86.7 cm³/mol. The van der Waals surface area contributed by atoms with E-state index in [-0.39, 0.29) is 17.9 Å². The lowest BCUT2D eigenvalue weighted by atomic mass is 10.0. The Bertz CT molecular complexity index is 761. The molecule has 0 aliphatic rings. The van der Waals surface area contributed by atoms with Crippen LogP contribution < -0.4 is 10.5 Å². The lowest BCUT2D eigenvalue weighted by molar-refractivity contribution is -0.157. The molecule has 0 aliphatic heterocycles. The van der Waals surface area contributed by atoms with Gasteiger partial charge >= 0.3 is 11.9 Å². The maximum atomic E-state index is 11.8. The number of carboxylic acids is 1. The Morgan fingerprint density at radius 2 is 1.87 bits per heavy atom. The Kier molecular flexibility index (Phi) is 4.45. The second-order valence-electron chi connectivity index (χ2n) is 6.10. The Balaban J connectivity index is 2.34.